The van der Waals surface area contributed by atoms with Crippen molar-refractivity contribution in [2.45, 2.75) is 18.8 Å². The van der Waals surface area contributed by atoms with E-state index in [-0.39, 0.29) is 11.6 Å². The Morgan fingerprint density at radius 2 is 2.22 bits per heavy atom. The maximum absolute atomic E-state index is 13.2. The van der Waals surface area contributed by atoms with E-state index in [0.29, 0.717) is 22.3 Å². The number of benzene rings is 1. The van der Waals surface area contributed by atoms with Crippen molar-refractivity contribution in [3.8, 4) is 11.3 Å². The maximum Gasteiger partial charge on any atom is 0.296 e. The van der Waals surface area contributed by atoms with Gasteiger partial charge in [0.05, 0.1) is 5.69 Å². The van der Waals surface area contributed by atoms with Gasteiger partial charge in [0.15, 0.2) is 5.13 Å². The normalized spacial score (nSPS) is 14.0. The molecular formula is C16H12FN3O2S. The molecular weight excluding hydrogens is 317 g/mol. The second-order valence-electron chi connectivity index (χ2n) is 5.39. The highest BCUT2D eigenvalue weighted by molar-refractivity contribution is 7.14. The first kappa shape index (κ1) is 14.1. The zero-order valence-corrected chi connectivity index (χ0v) is 12.8. The SMILES string of the molecule is O=C(Nc1nc(C2CC2)cs1)c1cc(-c2cccc(F)c2)no1. The molecule has 1 aromatic carbocycles. The largest absolute Gasteiger partial charge is 0.350 e. The molecule has 0 aliphatic heterocycles. The van der Waals surface area contributed by atoms with E-state index < -0.39 is 5.91 Å². The zero-order valence-electron chi connectivity index (χ0n) is 12.0. The minimum absolute atomic E-state index is 0.0624. The van der Waals surface area contributed by atoms with E-state index in [2.05, 4.69) is 15.5 Å². The Balaban J connectivity index is 1.50. The number of carbonyl (C=O) groups excluding carboxylic acids is 1. The molecule has 3 aromatic rings. The Hall–Kier alpha value is -2.54. The van der Waals surface area contributed by atoms with Crippen LogP contribution in [0.5, 0.6) is 0 Å². The summed E-state index contributed by atoms with van der Waals surface area (Å²) in [5.41, 5.74) is 1.99. The number of nitrogens with zero attached hydrogens (tertiary/aromatic N) is 2. The van der Waals surface area contributed by atoms with Crippen LogP contribution in [0, 0.1) is 5.82 Å². The first-order chi connectivity index (χ1) is 11.2. The summed E-state index contributed by atoms with van der Waals surface area (Å²) in [6.45, 7) is 0. The van der Waals surface area contributed by atoms with Crippen LogP contribution in [-0.4, -0.2) is 16.0 Å². The van der Waals surface area contributed by atoms with Crippen LogP contribution >= 0.6 is 11.3 Å². The molecule has 0 saturated heterocycles. The van der Waals surface area contributed by atoms with Crippen LogP contribution in [-0.2, 0) is 0 Å². The number of hydrogen-bond donors (Lipinski definition) is 1. The summed E-state index contributed by atoms with van der Waals surface area (Å²) in [4.78, 5) is 16.6. The second-order valence-corrected chi connectivity index (χ2v) is 6.25. The van der Waals surface area contributed by atoms with Crippen molar-refractivity contribution < 1.29 is 13.7 Å². The third kappa shape index (κ3) is 3.00. The van der Waals surface area contributed by atoms with Gasteiger partial charge >= 0.3 is 0 Å². The van der Waals surface area contributed by atoms with Crippen molar-refractivity contribution in [3.63, 3.8) is 0 Å². The predicted molar refractivity (Wildman–Crippen MR) is 83.9 cm³/mol. The highest BCUT2D eigenvalue weighted by Crippen LogP contribution is 2.40. The van der Waals surface area contributed by atoms with Crippen LogP contribution in [0.2, 0.25) is 0 Å². The first-order valence-corrected chi connectivity index (χ1v) is 8.06. The van der Waals surface area contributed by atoms with Crippen molar-refractivity contribution >= 4 is 22.4 Å². The van der Waals surface area contributed by atoms with E-state index in [9.17, 15) is 9.18 Å². The van der Waals surface area contributed by atoms with Crippen LogP contribution in [0.4, 0.5) is 9.52 Å². The van der Waals surface area contributed by atoms with E-state index in [1.807, 2.05) is 5.38 Å². The number of thiazole rings is 1. The van der Waals surface area contributed by atoms with Gasteiger partial charge in [-0.1, -0.05) is 17.3 Å². The Kier molecular flexibility index (Phi) is 3.42. The van der Waals surface area contributed by atoms with Gasteiger partial charge in [-0.25, -0.2) is 9.37 Å². The summed E-state index contributed by atoms with van der Waals surface area (Å²) < 4.78 is 18.3. The van der Waals surface area contributed by atoms with Gasteiger partial charge in [0, 0.05) is 22.9 Å². The van der Waals surface area contributed by atoms with Gasteiger partial charge < -0.3 is 4.52 Å². The fourth-order valence-electron chi connectivity index (χ4n) is 2.23. The molecule has 0 radical (unpaired) electrons. The maximum atomic E-state index is 13.2. The lowest BCUT2D eigenvalue weighted by atomic mass is 10.1. The monoisotopic (exact) mass is 329 g/mol. The molecule has 0 bridgehead atoms. The highest BCUT2D eigenvalue weighted by atomic mass is 32.1. The predicted octanol–water partition coefficient (Wildman–Crippen LogP) is 4.07. The van der Waals surface area contributed by atoms with E-state index in [4.69, 9.17) is 4.52 Å². The number of amides is 1. The lowest BCUT2D eigenvalue weighted by Crippen LogP contribution is -2.10. The summed E-state index contributed by atoms with van der Waals surface area (Å²) >= 11 is 1.39. The Morgan fingerprint density at radius 1 is 1.35 bits per heavy atom. The minimum atomic E-state index is -0.420. The number of carbonyl (C=O) groups is 1. The Labute approximate surface area is 135 Å². The highest BCUT2D eigenvalue weighted by Gasteiger charge is 2.26. The number of aromatic nitrogens is 2. The molecule has 4 rings (SSSR count). The van der Waals surface area contributed by atoms with E-state index >= 15 is 0 Å². The van der Waals surface area contributed by atoms with Gasteiger partial charge in [-0.3, -0.25) is 10.1 Å². The summed E-state index contributed by atoms with van der Waals surface area (Å²) in [6.07, 6.45) is 2.33. The molecule has 1 N–H and O–H groups in total. The summed E-state index contributed by atoms with van der Waals surface area (Å²) in [6, 6.07) is 7.44. The molecule has 2 heterocycles. The molecule has 0 atom stereocenters. The molecule has 1 amide bonds. The van der Waals surface area contributed by atoms with Gasteiger partial charge in [0.25, 0.3) is 5.91 Å². The lowest BCUT2D eigenvalue weighted by molar-refractivity contribution is 0.0988. The van der Waals surface area contributed by atoms with Gasteiger partial charge in [-0.05, 0) is 25.0 Å². The molecule has 7 heteroatoms. The molecule has 23 heavy (non-hydrogen) atoms. The van der Waals surface area contributed by atoms with Crippen molar-refractivity contribution in [2.75, 3.05) is 5.32 Å². The number of anilines is 1. The van der Waals surface area contributed by atoms with E-state index in [0.717, 1.165) is 18.5 Å². The third-order valence-electron chi connectivity index (χ3n) is 3.59. The van der Waals surface area contributed by atoms with Crippen LogP contribution in [0.3, 0.4) is 0 Å². The van der Waals surface area contributed by atoms with Gasteiger partial charge in [-0.15, -0.1) is 11.3 Å². The number of rotatable bonds is 4. The minimum Gasteiger partial charge on any atom is -0.350 e. The van der Waals surface area contributed by atoms with Gasteiger partial charge in [0.1, 0.15) is 11.5 Å². The first-order valence-electron chi connectivity index (χ1n) is 7.18. The molecule has 2 aromatic heterocycles. The van der Waals surface area contributed by atoms with Crippen molar-refractivity contribution in [2.24, 2.45) is 0 Å². The summed E-state index contributed by atoms with van der Waals surface area (Å²) in [5, 5.41) is 9.02. The number of halogens is 1. The third-order valence-corrected chi connectivity index (χ3v) is 4.37. The van der Waals surface area contributed by atoms with Crippen molar-refractivity contribution in [1.29, 1.82) is 0 Å². The van der Waals surface area contributed by atoms with Crippen molar-refractivity contribution in [3.05, 3.63) is 53.0 Å². The summed E-state index contributed by atoms with van der Waals surface area (Å²) in [5.74, 6) is -0.182. The van der Waals surface area contributed by atoms with Crippen LogP contribution in [0.15, 0.2) is 40.2 Å². The number of hydrogen-bond acceptors (Lipinski definition) is 5. The topological polar surface area (TPSA) is 68.0 Å². The fourth-order valence-corrected chi connectivity index (χ4v) is 3.02. The van der Waals surface area contributed by atoms with Crippen LogP contribution in [0.1, 0.15) is 35.0 Å². The smallest absolute Gasteiger partial charge is 0.296 e. The molecule has 5 nitrogen and oxygen atoms in total. The van der Waals surface area contributed by atoms with Gasteiger partial charge in [-0.2, -0.15) is 0 Å². The molecule has 1 fully saturated rings. The average Bonchev–Trinajstić information content (AvgIpc) is 3.09. The second kappa shape index (κ2) is 5.58. The van der Waals surface area contributed by atoms with Crippen LogP contribution < -0.4 is 5.32 Å². The fraction of sp³-hybridized carbons (Fsp3) is 0.188. The molecule has 1 aliphatic rings. The molecule has 0 unspecified atom stereocenters. The standard InChI is InChI=1S/C16H12FN3O2S/c17-11-3-1-2-10(6-11)12-7-14(22-20-12)15(21)19-16-18-13(8-23-16)9-4-5-9/h1-3,6-9H,4-5H2,(H,18,19,21). The average molecular weight is 329 g/mol. The van der Waals surface area contributed by atoms with Crippen LogP contribution in [0.25, 0.3) is 11.3 Å². The quantitative estimate of drug-likeness (QED) is 0.783. The van der Waals surface area contributed by atoms with Gasteiger partial charge in [0.2, 0.25) is 5.76 Å². The summed E-state index contributed by atoms with van der Waals surface area (Å²) in [7, 11) is 0. The molecule has 0 spiro atoms. The lowest BCUT2D eigenvalue weighted by Gasteiger charge is -1.96. The van der Waals surface area contributed by atoms with E-state index in [1.165, 1.54) is 29.5 Å². The van der Waals surface area contributed by atoms with Crippen molar-refractivity contribution in [1.82, 2.24) is 10.1 Å². The zero-order chi connectivity index (χ0) is 15.8. The molecule has 1 saturated carbocycles. The number of nitrogens with one attached hydrogen (secondary N) is 1. The Morgan fingerprint density at radius 3 is 3.00 bits per heavy atom. The Bertz CT molecular complexity index is 870. The van der Waals surface area contributed by atoms with E-state index in [1.54, 1.807) is 12.1 Å². The molecule has 116 valence electrons. The molecule has 1 aliphatic carbocycles.